The largest absolute Gasteiger partial charge is 0.358 e. The summed E-state index contributed by atoms with van der Waals surface area (Å²) in [6, 6.07) is 0. The van der Waals surface area contributed by atoms with Gasteiger partial charge in [0.25, 0.3) is 0 Å². The molecule has 44 valence electrons. The molecule has 0 radical (unpaired) electrons. The third-order valence-electron chi connectivity index (χ3n) is 0. The van der Waals surface area contributed by atoms with Crippen LogP contribution in [0.5, 0.6) is 0 Å². The van der Waals surface area contributed by atoms with Crippen LogP contribution in [0.15, 0.2) is 0 Å². The average molecular weight is 131 g/mol. The average Bonchev–Trinajstić information content (AvgIpc) is 1.50. The molecule has 0 saturated heterocycles. The molecule has 6 heavy (non-hydrogen) atoms. The third-order valence-corrected chi connectivity index (χ3v) is 0. The first-order valence-electron chi connectivity index (χ1n) is 2.00. The Morgan fingerprint density at radius 3 is 0.667 bits per heavy atom. The molecule has 0 N–H and O–H groups in total. The summed E-state index contributed by atoms with van der Waals surface area (Å²) in [6.45, 7) is 8.00. The molecule has 0 saturated carbocycles. The minimum Gasteiger partial charge on any atom is -0.358 e. The first-order chi connectivity index (χ1) is 2.00. The molecule has 0 aliphatic carbocycles. The quantitative estimate of drug-likeness (QED) is 0.350. The van der Waals surface area contributed by atoms with E-state index in [0.717, 1.165) is 0 Å². The van der Waals surface area contributed by atoms with E-state index in [0.29, 0.717) is 0 Å². The van der Waals surface area contributed by atoms with E-state index in [1.165, 1.54) is 0 Å². The normalized spacial score (nSPS) is 2.00. The Kier molecular flexibility index (Phi) is 2180. The van der Waals surface area contributed by atoms with Crippen molar-refractivity contribution in [1.29, 1.82) is 0 Å². The summed E-state index contributed by atoms with van der Waals surface area (Å²) in [6.07, 6.45) is 0. The molecule has 0 heterocycles. The summed E-state index contributed by atoms with van der Waals surface area (Å²) >= 11 is 0. The zero-order valence-electron chi connectivity index (χ0n) is 5.35. The first-order valence-corrected chi connectivity index (χ1v) is 2.00. The molecule has 0 rings (SSSR count). The minimum absolute atomic E-state index is 0. The minimum atomic E-state index is 0. The smallest absolute Gasteiger partial charge is 0 e. The summed E-state index contributed by atoms with van der Waals surface area (Å²) in [5.74, 6) is 0. The number of rotatable bonds is 0. The monoisotopic (exact) mass is 131 g/mol. The van der Waals surface area contributed by atoms with Crippen molar-refractivity contribution < 1.29 is 17.1 Å². The van der Waals surface area contributed by atoms with E-state index in [1.54, 1.807) is 0 Å². The second kappa shape index (κ2) is 418. The van der Waals surface area contributed by atoms with E-state index >= 15 is 0 Å². The number of hydrogen-bond donors (Lipinski definition) is 0. The van der Waals surface area contributed by atoms with Crippen molar-refractivity contribution >= 4 is 0 Å². The van der Waals surface area contributed by atoms with Gasteiger partial charge in [-0.1, -0.05) is 27.7 Å². The number of hydrogen-bond acceptors (Lipinski definition) is 0. The van der Waals surface area contributed by atoms with Crippen LogP contribution in [0.1, 0.15) is 27.7 Å². The molecule has 0 fully saturated rings. The summed E-state index contributed by atoms with van der Waals surface area (Å²) in [4.78, 5) is 0. The summed E-state index contributed by atoms with van der Waals surface area (Å²) in [7, 11) is 0. The van der Waals surface area contributed by atoms with Crippen LogP contribution in [0.4, 0.5) is 0 Å². The van der Waals surface area contributed by atoms with E-state index in [9.17, 15) is 0 Å². The van der Waals surface area contributed by atoms with Gasteiger partial charge in [-0.05, 0) is 0 Å². The second-order valence-electron chi connectivity index (χ2n) is 0. The Balaban J connectivity index is -0.00000000500. The van der Waals surface area contributed by atoms with Crippen LogP contribution in [0, 0.1) is 7.43 Å². The molecule has 0 aliphatic heterocycles. The van der Waals surface area contributed by atoms with Crippen molar-refractivity contribution in [1.82, 2.24) is 0 Å². The van der Waals surface area contributed by atoms with Gasteiger partial charge < -0.3 is 7.43 Å². The Morgan fingerprint density at radius 2 is 0.667 bits per heavy atom. The van der Waals surface area contributed by atoms with Crippen LogP contribution in [0.3, 0.4) is 0 Å². The molecule has 0 aromatic heterocycles. The van der Waals surface area contributed by atoms with Crippen LogP contribution in [-0.2, 0) is 17.1 Å². The van der Waals surface area contributed by atoms with Crippen molar-refractivity contribution in [2.45, 2.75) is 27.7 Å². The summed E-state index contributed by atoms with van der Waals surface area (Å²) < 4.78 is 0. The standard InChI is InChI=1S/2C2H6.CH3.Fe/c2*1-2;;/h2*1-2H3;1H3;/q;;-1;. The zero-order valence-corrected chi connectivity index (χ0v) is 6.46. The zero-order chi connectivity index (χ0) is 4.00. The van der Waals surface area contributed by atoms with Gasteiger partial charge in [0, 0.05) is 17.1 Å². The maximum Gasteiger partial charge on any atom is 0 e. The van der Waals surface area contributed by atoms with Crippen LogP contribution in [0.25, 0.3) is 0 Å². The van der Waals surface area contributed by atoms with Gasteiger partial charge in [-0.25, -0.2) is 0 Å². The first kappa shape index (κ1) is 31.3. The second-order valence-corrected chi connectivity index (χ2v) is 0. The SMILES string of the molecule is CC.CC.[CH3-].[Fe]. The van der Waals surface area contributed by atoms with Gasteiger partial charge in [-0.2, -0.15) is 0 Å². The van der Waals surface area contributed by atoms with E-state index in [2.05, 4.69) is 0 Å². The topological polar surface area (TPSA) is 0 Å². The molecule has 0 aliphatic rings. The summed E-state index contributed by atoms with van der Waals surface area (Å²) in [5.41, 5.74) is 0. The summed E-state index contributed by atoms with van der Waals surface area (Å²) in [5, 5.41) is 0. The van der Waals surface area contributed by atoms with Gasteiger partial charge in [0.05, 0.1) is 0 Å². The van der Waals surface area contributed by atoms with Crippen molar-refractivity contribution in [3.05, 3.63) is 7.43 Å². The molecule has 0 atom stereocenters. The predicted molar refractivity (Wildman–Crippen MR) is 29.1 cm³/mol. The van der Waals surface area contributed by atoms with Crippen LogP contribution in [-0.4, -0.2) is 0 Å². The van der Waals surface area contributed by atoms with E-state index in [-0.39, 0.29) is 24.5 Å². The van der Waals surface area contributed by atoms with E-state index in [1.807, 2.05) is 27.7 Å². The Bertz CT molecular complexity index is 3.90. The molecule has 0 bridgehead atoms. The van der Waals surface area contributed by atoms with Gasteiger partial charge >= 0.3 is 0 Å². The molecule has 0 nitrogen and oxygen atoms in total. The fourth-order valence-corrected chi connectivity index (χ4v) is 0. The molecule has 0 amide bonds. The molecular weight excluding hydrogens is 116 g/mol. The van der Waals surface area contributed by atoms with Crippen LogP contribution >= 0.6 is 0 Å². The van der Waals surface area contributed by atoms with Crippen LogP contribution < -0.4 is 0 Å². The van der Waals surface area contributed by atoms with E-state index < -0.39 is 0 Å². The molecule has 0 aromatic rings. The van der Waals surface area contributed by atoms with Crippen molar-refractivity contribution in [3.8, 4) is 0 Å². The Labute approximate surface area is 52.8 Å². The van der Waals surface area contributed by atoms with Crippen LogP contribution in [0.2, 0.25) is 0 Å². The maximum atomic E-state index is 2.00. The van der Waals surface area contributed by atoms with Gasteiger partial charge in [-0.3, -0.25) is 0 Å². The van der Waals surface area contributed by atoms with Gasteiger partial charge in [0.1, 0.15) is 0 Å². The van der Waals surface area contributed by atoms with E-state index in [4.69, 9.17) is 0 Å². The fraction of sp³-hybridized carbons (Fsp3) is 0.800. The van der Waals surface area contributed by atoms with Gasteiger partial charge in [0.2, 0.25) is 0 Å². The predicted octanol–water partition coefficient (Wildman–Crippen LogP) is 2.50. The molecular formula is C5H15Fe-. The fourth-order valence-electron chi connectivity index (χ4n) is 0. The van der Waals surface area contributed by atoms with Crippen molar-refractivity contribution in [2.75, 3.05) is 0 Å². The van der Waals surface area contributed by atoms with Crippen molar-refractivity contribution in [2.24, 2.45) is 0 Å². The molecule has 0 unspecified atom stereocenters. The van der Waals surface area contributed by atoms with Gasteiger partial charge in [-0.15, -0.1) is 0 Å². The molecule has 0 spiro atoms. The van der Waals surface area contributed by atoms with Gasteiger partial charge in [0.15, 0.2) is 0 Å². The Morgan fingerprint density at radius 1 is 0.667 bits per heavy atom. The van der Waals surface area contributed by atoms with Crippen molar-refractivity contribution in [3.63, 3.8) is 0 Å². The molecule has 1 heteroatoms. The Hall–Kier alpha value is 0.519. The third kappa shape index (κ3) is 207. The maximum absolute atomic E-state index is 2.00. The molecule has 0 aromatic carbocycles.